The van der Waals surface area contributed by atoms with Crippen LogP contribution in [0, 0.1) is 10.1 Å². The number of thiophene rings is 1. The highest BCUT2D eigenvalue weighted by atomic mass is 32.1. The first-order valence-electron chi connectivity index (χ1n) is 6.79. The average molecular weight is 364 g/mol. The number of ether oxygens (including phenoxy) is 2. The molecule has 9 nitrogen and oxygen atoms in total. The van der Waals surface area contributed by atoms with E-state index in [1.54, 1.807) is 17.5 Å². The van der Waals surface area contributed by atoms with E-state index in [9.17, 15) is 24.5 Å². The van der Waals surface area contributed by atoms with Crippen LogP contribution < -0.4 is 10.1 Å². The van der Waals surface area contributed by atoms with Gasteiger partial charge in [0.15, 0.2) is 12.4 Å². The molecule has 0 atom stereocenters. The lowest BCUT2D eigenvalue weighted by molar-refractivity contribution is -0.385. The Bertz CT molecular complexity index is 817. The van der Waals surface area contributed by atoms with Crippen LogP contribution in [0.5, 0.6) is 5.75 Å². The van der Waals surface area contributed by atoms with Crippen molar-refractivity contribution < 1.29 is 28.8 Å². The second kappa shape index (κ2) is 8.02. The maximum atomic E-state index is 11.7. The van der Waals surface area contributed by atoms with Crippen LogP contribution in [0.15, 0.2) is 35.7 Å². The minimum atomic E-state index is -0.759. The lowest BCUT2D eigenvalue weighted by Crippen LogP contribution is -2.34. The zero-order valence-corrected chi connectivity index (χ0v) is 13.7. The van der Waals surface area contributed by atoms with Gasteiger partial charge >= 0.3 is 11.7 Å². The Labute approximate surface area is 145 Å². The number of hydrogen-bond acceptors (Lipinski definition) is 8. The molecule has 1 N–H and O–H groups in total. The number of rotatable bonds is 6. The Kier molecular flexibility index (Phi) is 5.79. The lowest BCUT2D eigenvalue weighted by atomic mass is 10.2. The zero-order chi connectivity index (χ0) is 18.4. The van der Waals surface area contributed by atoms with Gasteiger partial charge in [-0.15, -0.1) is 11.3 Å². The Morgan fingerprint density at radius 3 is 2.64 bits per heavy atom. The summed E-state index contributed by atoms with van der Waals surface area (Å²) in [5, 5.41) is 14.9. The smallest absolute Gasteiger partial charge is 0.338 e. The molecule has 1 aromatic heterocycles. The maximum absolute atomic E-state index is 11.7. The van der Waals surface area contributed by atoms with E-state index in [1.807, 2.05) is 0 Å². The molecule has 2 rings (SSSR count). The van der Waals surface area contributed by atoms with Crippen LogP contribution in [-0.2, 0) is 9.53 Å². The van der Waals surface area contributed by atoms with Crippen molar-refractivity contribution in [2.24, 2.45) is 0 Å². The van der Waals surface area contributed by atoms with E-state index in [0.29, 0.717) is 4.88 Å². The number of methoxy groups -OCH3 is 1. The van der Waals surface area contributed by atoms with Gasteiger partial charge in [-0.3, -0.25) is 25.0 Å². The summed E-state index contributed by atoms with van der Waals surface area (Å²) in [7, 11) is 1.15. The van der Waals surface area contributed by atoms with Crippen LogP contribution in [0.3, 0.4) is 0 Å². The van der Waals surface area contributed by atoms with Crippen molar-refractivity contribution in [2.45, 2.75) is 0 Å². The third-order valence-corrected chi connectivity index (χ3v) is 3.80. The quantitative estimate of drug-likeness (QED) is 0.470. The third kappa shape index (κ3) is 4.61. The second-order valence-electron chi connectivity index (χ2n) is 4.57. The number of imide groups is 1. The molecule has 0 fully saturated rings. The second-order valence-corrected chi connectivity index (χ2v) is 5.52. The molecule has 1 heterocycles. The zero-order valence-electron chi connectivity index (χ0n) is 12.9. The number of nitrogens with one attached hydrogen (secondary N) is 1. The fourth-order valence-electron chi connectivity index (χ4n) is 1.80. The van der Waals surface area contributed by atoms with Gasteiger partial charge in [0.05, 0.1) is 22.5 Å². The lowest BCUT2D eigenvalue weighted by Gasteiger charge is -2.08. The van der Waals surface area contributed by atoms with Crippen LogP contribution in [0.2, 0.25) is 0 Å². The molecule has 0 unspecified atom stereocenters. The summed E-state index contributed by atoms with van der Waals surface area (Å²) < 4.78 is 9.58. The summed E-state index contributed by atoms with van der Waals surface area (Å²) >= 11 is 1.16. The van der Waals surface area contributed by atoms with Crippen LogP contribution in [0.4, 0.5) is 5.69 Å². The Balaban J connectivity index is 2.04. The van der Waals surface area contributed by atoms with Crippen LogP contribution in [0.25, 0.3) is 0 Å². The van der Waals surface area contributed by atoms with E-state index < -0.39 is 35.0 Å². The molecule has 0 radical (unpaired) electrons. The molecule has 1 aromatic carbocycles. The van der Waals surface area contributed by atoms with E-state index in [-0.39, 0.29) is 11.3 Å². The fourth-order valence-corrected chi connectivity index (χ4v) is 2.42. The number of nitro benzene ring substituents is 1. The predicted octanol–water partition coefficient (Wildman–Crippen LogP) is 1.78. The monoisotopic (exact) mass is 364 g/mol. The summed E-state index contributed by atoms with van der Waals surface area (Å²) in [6.07, 6.45) is 0. The minimum absolute atomic E-state index is 0.0288. The van der Waals surface area contributed by atoms with E-state index in [1.165, 1.54) is 12.1 Å². The molecule has 130 valence electrons. The summed E-state index contributed by atoms with van der Waals surface area (Å²) in [6.45, 7) is -0.602. The van der Waals surface area contributed by atoms with Gasteiger partial charge in [0, 0.05) is 6.07 Å². The van der Waals surface area contributed by atoms with Crippen molar-refractivity contribution in [3.63, 3.8) is 0 Å². The van der Waals surface area contributed by atoms with Crippen molar-refractivity contribution in [2.75, 3.05) is 13.7 Å². The topological polar surface area (TPSA) is 125 Å². The molecule has 10 heteroatoms. The number of amides is 2. The molecule has 0 aliphatic rings. The van der Waals surface area contributed by atoms with Gasteiger partial charge in [-0.25, -0.2) is 4.79 Å². The van der Waals surface area contributed by atoms with Gasteiger partial charge in [-0.05, 0) is 23.6 Å². The van der Waals surface area contributed by atoms with Gasteiger partial charge in [0.1, 0.15) is 0 Å². The van der Waals surface area contributed by atoms with E-state index in [2.05, 4.69) is 10.1 Å². The first-order chi connectivity index (χ1) is 11.9. The molecule has 0 saturated carbocycles. The molecule has 0 aliphatic carbocycles. The maximum Gasteiger partial charge on any atom is 0.338 e. The number of esters is 1. The number of hydrogen-bond donors (Lipinski definition) is 1. The Morgan fingerprint density at radius 1 is 1.28 bits per heavy atom. The molecule has 2 amide bonds. The predicted molar refractivity (Wildman–Crippen MR) is 86.7 cm³/mol. The van der Waals surface area contributed by atoms with Crippen molar-refractivity contribution in [1.29, 1.82) is 0 Å². The molecular weight excluding hydrogens is 352 g/mol. The number of nitrogens with zero attached hydrogens (tertiary/aromatic N) is 1. The van der Waals surface area contributed by atoms with E-state index in [4.69, 9.17) is 4.74 Å². The summed E-state index contributed by atoms with van der Waals surface area (Å²) in [5.74, 6) is -2.30. The fraction of sp³-hybridized carbons (Fsp3) is 0.133. The van der Waals surface area contributed by atoms with Crippen LogP contribution in [-0.4, -0.2) is 36.4 Å². The van der Waals surface area contributed by atoms with Crippen molar-refractivity contribution in [3.05, 3.63) is 56.3 Å². The highest BCUT2D eigenvalue weighted by molar-refractivity contribution is 7.12. The minimum Gasteiger partial charge on any atom is -0.477 e. The molecule has 0 bridgehead atoms. The van der Waals surface area contributed by atoms with Gasteiger partial charge in [0.2, 0.25) is 0 Å². The van der Waals surface area contributed by atoms with Gasteiger partial charge < -0.3 is 9.47 Å². The summed E-state index contributed by atoms with van der Waals surface area (Å²) in [6, 6.07) is 6.63. The summed E-state index contributed by atoms with van der Waals surface area (Å²) in [5.41, 5.74) is -0.529. The first-order valence-corrected chi connectivity index (χ1v) is 7.67. The van der Waals surface area contributed by atoms with Gasteiger partial charge in [0.25, 0.3) is 11.8 Å². The molecule has 25 heavy (non-hydrogen) atoms. The average Bonchev–Trinajstić information content (AvgIpc) is 3.13. The normalized spacial score (nSPS) is 9.96. The molecule has 0 saturated heterocycles. The Morgan fingerprint density at radius 2 is 2.04 bits per heavy atom. The number of carbonyl (C=O) groups is 3. The van der Waals surface area contributed by atoms with Gasteiger partial charge in [-0.1, -0.05) is 6.07 Å². The largest absolute Gasteiger partial charge is 0.477 e. The van der Waals surface area contributed by atoms with E-state index >= 15 is 0 Å². The molecule has 2 aromatic rings. The van der Waals surface area contributed by atoms with Crippen molar-refractivity contribution in [1.82, 2.24) is 5.32 Å². The molecule has 0 spiro atoms. The van der Waals surface area contributed by atoms with Crippen molar-refractivity contribution in [3.8, 4) is 5.75 Å². The number of carbonyl (C=O) groups excluding carboxylic acids is 3. The van der Waals surface area contributed by atoms with Crippen LogP contribution >= 0.6 is 11.3 Å². The highest BCUT2D eigenvalue weighted by Gasteiger charge is 2.20. The highest BCUT2D eigenvalue weighted by Crippen LogP contribution is 2.28. The number of benzene rings is 1. The SMILES string of the molecule is COC(=O)c1ccc(OCC(=O)NC(=O)c2cccs2)c([N+](=O)[O-])c1. The third-order valence-electron chi connectivity index (χ3n) is 2.93. The molecular formula is C15H12N2O7S. The first kappa shape index (κ1) is 18.1. The van der Waals surface area contributed by atoms with Gasteiger partial charge in [-0.2, -0.15) is 0 Å². The summed E-state index contributed by atoms with van der Waals surface area (Å²) in [4.78, 5) is 45.5. The standard InChI is InChI=1S/C15H12N2O7S/c1-23-15(20)9-4-5-11(10(7-9)17(21)22)24-8-13(18)16-14(19)12-3-2-6-25-12/h2-7H,8H2,1H3,(H,16,18,19). The number of nitro groups is 1. The molecule has 0 aliphatic heterocycles. The van der Waals surface area contributed by atoms with Crippen molar-refractivity contribution >= 4 is 34.8 Å². The van der Waals surface area contributed by atoms with E-state index in [0.717, 1.165) is 24.5 Å². The van der Waals surface area contributed by atoms with Crippen LogP contribution in [0.1, 0.15) is 20.0 Å². The Hall–Kier alpha value is -3.27.